The quantitative estimate of drug-likeness (QED) is 0.501. The SMILES string of the molecule is O=C(Nc1ncc(-c2ccccc2)s1)c1ccc(Cn2cc(Br)cn2)o1. The largest absolute Gasteiger partial charge is 0.454 e. The fraction of sp³-hybridized carbons (Fsp3) is 0.0556. The average molecular weight is 429 g/mol. The Hall–Kier alpha value is -2.71. The maximum Gasteiger partial charge on any atom is 0.293 e. The number of carbonyl (C=O) groups excluding carboxylic acids is 1. The molecule has 0 fully saturated rings. The molecule has 3 heterocycles. The summed E-state index contributed by atoms with van der Waals surface area (Å²) in [5.74, 6) is 0.560. The maximum atomic E-state index is 12.4. The van der Waals surface area contributed by atoms with Crippen LogP contribution in [0.5, 0.6) is 0 Å². The van der Waals surface area contributed by atoms with E-state index in [9.17, 15) is 4.79 Å². The van der Waals surface area contributed by atoms with E-state index >= 15 is 0 Å². The third-order valence-electron chi connectivity index (χ3n) is 3.59. The minimum atomic E-state index is -0.327. The Balaban J connectivity index is 1.43. The maximum absolute atomic E-state index is 12.4. The molecule has 130 valence electrons. The fourth-order valence-corrected chi connectivity index (χ4v) is 3.54. The van der Waals surface area contributed by atoms with Gasteiger partial charge in [-0.2, -0.15) is 5.10 Å². The van der Waals surface area contributed by atoms with Crippen LogP contribution in [0.15, 0.2) is 69.9 Å². The van der Waals surface area contributed by atoms with Crippen LogP contribution >= 0.6 is 27.3 Å². The van der Waals surface area contributed by atoms with Crippen LogP contribution in [0.25, 0.3) is 10.4 Å². The highest BCUT2D eigenvalue weighted by Crippen LogP contribution is 2.29. The second kappa shape index (κ2) is 7.27. The number of nitrogens with one attached hydrogen (secondary N) is 1. The Bertz CT molecular complexity index is 1040. The molecule has 3 aromatic heterocycles. The molecule has 0 radical (unpaired) electrons. The van der Waals surface area contributed by atoms with Gasteiger partial charge in [0.25, 0.3) is 5.91 Å². The van der Waals surface area contributed by atoms with Gasteiger partial charge >= 0.3 is 0 Å². The topological polar surface area (TPSA) is 73.0 Å². The molecule has 0 unspecified atom stereocenters. The minimum absolute atomic E-state index is 0.239. The first-order chi connectivity index (χ1) is 12.7. The molecule has 1 N–H and O–H groups in total. The molecule has 0 saturated carbocycles. The van der Waals surface area contributed by atoms with Crippen LogP contribution < -0.4 is 5.32 Å². The van der Waals surface area contributed by atoms with E-state index in [1.807, 2.05) is 36.5 Å². The van der Waals surface area contributed by atoms with Gasteiger partial charge in [-0.3, -0.25) is 14.8 Å². The zero-order valence-corrected chi connectivity index (χ0v) is 15.8. The second-order valence-electron chi connectivity index (χ2n) is 5.47. The Morgan fingerprint density at radius 1 is 1.19 bits per heavy atom. The van der Waals surface area contributed by atoms with E-state index in [1.165, 1.54) is 11.3 Å². The van der Waals surface area contributed by atoms with E-state index in [0.29, 0.717) is 17.4 Å². The van der Waals surface area contributed by atoms with Gasteiger partial charge in [0.2, 0.25) is 0 Å². The summed E-state index contributed by atoms with van der Waals surface area (Å²) in [6.45, 7) is 0.453. The normalized spacial score (nSPS) is 10.8. The van der Waals surface area contributed by atoms with Gasteiger partial charge in [0, 0.05) is 12.4 Å². The van der Waals surface area contributed by atoms with Gasteiger partial charge in [0.05, 0.1) is 22.1 Å². The summed E-state index contributed by atoms with van der Waals surface area (Å²) in [5.41, 5.74) is 1.07. The molecule has 1 aromatic carbocycles. The number of halogens is 1. The van der Waals surface area contributed by atoms with Crippen LogP contribution in [0, 0.1) is 0 Å². The van der Waals surface area contributed by atoms with Crippen molar-refractivity contribution in [3.8, 4) is 10.4 Å². The van der Waals surface area contributed by atoms with E-state index in [1.54, 1.807) is 29.2 Å². The van der Waals surface area contributed by atoms with E-state index in [0.717, 1.165) is 14.9 Å². The fourth-order valence-electron chi connectivity index (χ4n) is 2.40. The average Bonchev–Trinajstić information content (AvgIpc) is 3.38. The summed E-state index contributed by atoms with van der Waals surface area (Å²) >= 11 is 4.76. The van der Waals surface area contributed by atoms with Crippen molar-refractivity contribution in [2.24, 2.45) is 0 Å². The summed E-state index contributed by atoms with van der Waals surface area (Å²) < 4.78 is 8.22. The minimum Gasteiger partial charge on any atom is -0.454 e. The van der Waals surface area contributed by atoms with Crippen molar-refractivity contribution < 1.29 is 9.21 Å². The molecular formula is C18H13BrN4O2S. The van der Waals surface area contributed by atoms with Gasteiger partial charge in [-0.1, -0.05) is 41.7 Å². The van der Waals surface area contributed by atoms with Crippen LogP contribution in [-0.2, 0) is 6.54 Å². The molecule has 4 rings (SSSR count). The third-order valence-corrected chi connectivity index (χ3v) is 4.96. The Labute approximate surface area is 161 Å². The number of aromatic nitrogens is 3. The van der Waals surface area contributed by atoms with Crippen molar-refractivity contribution in [2.75, 3.05) is 5.32 Å². The Kier molecular flexibility index (Phi) is 4.68. The lowest BCUT2D eigenvalue weighted by Gasteiger charge is -1.99. The molecule has 0 aliphatic heterocycles. The molecule has 0 spiro atoms. The number of amides is 1. The first kappa shape index (κ1) is 16.7. The first-order valence-corrected chi connectivity index (χ1v) is 9.37. The number of benzene rings is 1. The zero-order chi connectivity index (χ0) is 17.9. The van der Waals surface area contributed by atoms with Crippen molar-refractivity contribution in [3.05, 3.63) is 77.0 Å². The lowest BCUT2D eigenvalue weighted by molar-refractivity contribution is 0.0994. The first-order valence-electron chi connectivity index (χ1n) is 7.76. The summed E-state index contributed by atoms with van der Waals surface area (Å²) in [7, 11) is 0. The summed E-state index contributed by atoms with van der Waals surface area (Å²) in [5, 5.41) is 7.47. The smallest absolute Gasteiger partial charge is 0.293 e. The number of nitrogens with zero attached hydrogens (tertiary/aromatic N) is 3. The zero-order valence-electron chi connectivity index (χ0n) is 13.4. The molecule has 0 saturated heterocycles. The molecule has 1 amide bonds. The Morgan fingerprint density at radius 2 is 2.04 bits per heavy atom. The van der Waals surface area contributed by atoms with Gasteiger partial charge < -0.3 is 4.42 Å². The number of carbonyl (C=O) groups is 1. The lowest BCUT2D eigenvalue weighted by Crippen LogP contribution is -2.10. The van der Waals surface area contributed by atoms with Crippen molar-refractivity contribution in [1.29, 1.82) is 0 Å². The van der Waals surface area contributed by atoms with Crippen LogP contribution in [0.1, 0.15) is 16.3 Å². The molecule has 4 aromatic rings. The predicted octanol–water partition coefficient (Wildman–Crippen LogP) is 4.66. The third kappa shape index (κ3) is 3.76. The van der Waals surface area contributed by atoms with Crippen molar-refractivity contribution >= 4 is 38.3 Å². The van der Waals surface area contributed by atoms with Gasteiger partial charge in [0.15, 0.2) is 10.9 Å². The molecule has 0 bridgehead atoms. The summed E-state index contributed by atoms with van der Waals surface area (Å²) in [4.78, 5) is 17.6. The van der Waals surface area contributed by atoms with E-state index in [-0.39, 0.29) is 11.7 Å². The highest BCUT2D eigenvalue weighted by molar-refractivity contribution is 9.10. The van der Waals surface area contributed by atoms with Crippen LogP contribution in [0.2, 0.25) is 0 Å². The highest BCUT2D eigenvalue weighted by Gasteiger charge is 2.14. The number of thiazole rings is 1. The molecule has 0 aliphatic carbocycles. The summed E-state index contributed by atoms with van der Waals surface area (Å²) in [6, 6.07) is 13.3. The van der Waals surface area contributed by atoms with Crippen molar-refractivity contribution in [3.63, 3.8) is 0 Å². The van der Waals surface area contributed by atoms with Gasteiger partial charge in [0.1, 0.15) is 5.76 Å². The summed E-state index contributed by atoms with van der Waals surface area (Å²) in [6.07, 6.45) is 5.28. The number of rotatable bonds is 5. The molecule has 0 aliphatic rings. The van der Waals surface area contributed by atoms with E-state index in [2.05, 4.69) is 31.3 Å². The van der Waals surface area contributed by atoms with Crippen molar-refractivity contribution in [1.82, 2.24) is 14.8 Å². The number of anilines is 1. The van der Waals surface area contributed by atoms with Gasteiger partial charge in [-0.25, -0.2) is 4.98 Å². The van der Waals surface area contributed by atoms with Crippen LogP contribution in [0.3, 0.4) is 0 Å². The molecule has 6 nitrogen and oxygen atoms in total. The second-order valence-corrected chi connectivity index (χ2v) is 7.42. The standard InChI is InChI=1S/C18H13BrN4O2S/c19-13-8-21-23(10-13)11-14-6-7-15(25-14)17(24)22-18-20-9-16(26-18)12-4-2-1-3-5-12/h1-10H,11H2,(H,20,22,24). The van der Waals surface area contributed by atoms with Gasteiger partial charge in [-0.15, -0.1) is 0 Å². The predicted molar refractivity (Wildman–Crippen MR) is 103 cm³/mol. The molecule has 8 heteroatoms. The van der Waals surface area contributed by atoms with Crippen LogP contribution in [0.4, 0.5) is 5.13 Å². The number of hydrogen-bond donors (Lipinski definition) is 1. The van der Waals surface area contributed by atoms with Gasteiger partial charge in [-0.05, 0) is 33.6 Å². The number of furan rings is 1. The lowest BCUT2D eigenvalue weighted by atomic mass is 10.2. The molecular weight excluding hydrogens is 416 g/mol. The Morgan fingerprint density at radius 3 is 2.81 bits per heavy atom. The van der Waals surface area contributed by atoms with E-state index < -0.39 is 0 Å². The van der Waals surface area contributed by atoms with Crippen LogP contribution in [-0.4, -0.2) is 20.7 Å². The van der Waals surface area contributed by atoms with Crippen molar-refractivity contribution in [2.45, 2.75) is 6.54 Å². The number of hydrogen-bond acceptors (Lipinski definition) is 5. The monoisotopic (exact) mass is 428 g/mol. The van der Waals surface area contributed by atoms with E-state index in [4.69, 9.17) is 4.42 Å². The molecule has 26 heavy (non-hydrogen) atoms. The highest BCUT2D eigenvalue weighted by atomic mass is 79.9. The molecule has 0 atom stereocenters.